The third kappa shape index (κ3) is 4.27. The van der Waals surface area contributed by atoms with E-state index in [0.717, 1.165) is 17.8 Å². The monoisotopic (exact) mass is 270 g/mol. The van der Waals surface area contributed by atoms with Crippen molar-refractivity contribution in [2.45, 2.75) is 52.1 Å². The molecule has 0 radical (unpaired) electrons. The van der Waals surface area contributed by atoms with E-state index in [1.54, 1.807) is 11.3 Å². The molecule has 5 nitrogen and oxygen atoms in total. The predicted molar refractivity (Wildman–Crippen MR) is 75.1 cm³/mol. The molecule has 1 heterocycles. The third-order valence-corrected chi connectivity index (χ3v) is 4.18. The van der Waals surface area contributed by atoms with Crippen molar-refractivity contribution < 1.29 is 5.21 Å². The van der Waals surface area contributed by atoms with Gasteiger partial charge in [0.1, 0.15) is 10.8 Å². The summed E-state index contributed by atoms with van der Waals surface area (Å²) in [5.74, 6) is 0.259. The van der Waals surface area contributed by atoms with Gasteiger partial charge in [0.05, 0.1) is 6.04 Å². The van der Waals surface area contributed by atoms with Gasteiger partial charge in [0, 0.05) is 23.5 Å². The Morgan fingerprint density at radius 2 is 2.33 bits per heavy atom. The first-order chi connectivity index (χ1) is 8.60. The third-order valence-electron chi connectivity index (χ3n) is 2.85. The summed E-state index contributed by atoms with van der Waals surface area (Å²) in [6.07, 6.45) is 4.42. The lowest BCUT2D eigenvalue weighted by molar-refractivity contribution is 0.315. The fourth-order valence-corrected chi connectivity index (χ4v) is 2.59. The molecule has 0 saturated heterocycles. The summed E-state index contributed by atoms with van der Waals surface area (Å²) in [5, 5.41) is 16.2. The zero-order valence-electron chi connectivity index (χ0n) is 11.2. The molecule has 0 aliphatic carbocycles. The fraction of sp³-hybridized carbons (Fsp3) is 0.667. The van der Waals surface area contributed by atoms with Crippen molar-refractivity contribution in [3.05, 3.63) is 16.1 Å². The zero-order chi connectivity index (χ0) is 13.5. The Labute approximate surface area is 112 Å². The van der Waals surface area contributed by atoms with Gasteiger partial charge in [-0.15, -0.1) is 11.3 Å². The number of hydrogen-bond donors (Lipinski definition) is 3. The number of thiazole rings is 1. The van der Waals surface area contributed by atoms with Crippen LogP contribution >= 0.6 is 11.3 Å². The van der Waals surface area contributed by atoms with Crippen LogP contribution in [-0.2, 0) is 6.42 Å². The van der Waals surface area contributed by atoms with Crippen molar-refractivity contribution in [2.75, 3.05) is 0 Å². The molecular weight excluding hydrogens is 248 g/mol. The van der Waals surface area contributed by atoms with Crippen LogP contribution in [0.4, 0.5) is 0 Å². The normalized spacial score (nSPS) is 15.6. The Morgan fingerprint density at radius 3 is 2.83 bits per heavy atom. The highest BCUT2D eigenvalue weighted by molar-refractivity contribution is 7.11. The Kier molecular flexibility index (Phi) is 6.07. The first kappa shape index (κ1) is 14.9. The number of nitrogens with zero attached hydrogens (tertiary/aromatic N) is 2. The van der Waals surface area contributed by atoms with E-state index < -0.39 is 0 Å². The summed E-state index contributed by atoms with van der Waals surface area (Å²) in [6.45, 7) is 6.30. The number of nitrogens with two attached hydrogens (primary N) is 1. The molecule has 0 bridgehead atoms. The Bertz CT molecular complexity index is 391. The molecule has 2 unspecified atom stereocenters. The molecule has 0 aromatic carbocycles. The highest BCUT2D eigenvalue weighted by Crippen LogP contribution is 2.21. The fourth-order valence-electron chi connectivity index (χ4n) is 1.73. The molecule has 6 heteroatoms. The average molecular weight is 270 g/mol. The summed E-state index contributed by atoms with van der Waals surface area (Å²) in [7, 11) is 0. The lowest BCUT2D eigenvalue weighted by Crippen LogP contribution is -2.34. The van der Waals surface area contributed by atoms with Crippen LogP contribution in [0.3, 0.4) is 0 Å². The molecule has 0 amide bonds. The van der Waals surface area contributed by atoms with E-state index in [-0.39, 0.29) is 17.9 Å². The number of amidine groups is 1. The smallest absolute Gasteiger partial charge is 0.140 e. The van der Waals surface area contributed by atoms with E-state index in [4.69, 9.17) is 10.9 Å². The molecule has 0 aliphatic rings. The van der Waals surface area contributed by atoms with Gasteiger partial charge in [0.2, 0.25) is 0 Å². The summed E-state index contributed by atoms with van der Waals surface area (Å²) in [4.78, 5) is 5.71. The van der Waals surface area contributed by atoms with Gasteiger partial charge in [-0.1, -0.05) is 19.0 Å². The van der Waals surface area contributed by atoms with Gasteiger partial charge >= 0.3 is 0 Å². The highest BCUT2D eigenvalue weighted by atomic mass is 32.1. The Morgan fingerprint density at radius 1 is 1.61 bits per heavy atom. The molecule has 4 N–H and O–H groups in total. The lowest BCUT2D eigenvalue weighted by atomic mass is 10.1. The van der Waals surface area contributed by atoms with Crippen LogP contribution in [0.5, 0.6) is 0 Å². The van der Waals surface area contributed by atoms with E-state index >= 15 is 0 Å². The van der Waals surface area contributed by atoms with E-state index in [1.807, 2.05) is 6.20 Å². The van der Waals surface area contributed by atoms with Crippen LogP contribution in [0.15, 0.2) is 11.4 Å². The topological polar surface area (TPSA) is 83.5 Å². The molecule has 0 saturated carbocycles. The van der Waals surface area contributed by atoms with Crippen molar-refractivity contribution in [2.24, 2.45) is 10.9 Å². The molecule has 0 fully saturated rings. The van der Waals surface area contributed by atoms with Gasteiger partial charge in [-0.3, -0.25) is 0 Å². The lowest BCUT2D eigenvalue weighted by Gasteiger charge is -2.20. The Hall–Kier alpha value is -1.14. The van der Waals surface area contributed by atoms with Crippen LogP contribution < -0.4 is 11.1 Å². The van der Waals surface area contributed by atoms with Crippen molar-refractivity contribution >= 4 is 17.2 Å². The minimum atomic E-state index is 0.187. The van der Waals surface area contributed by atoms with Gasteiger partial charge in [-0.25, -0.2) is 4.98 Å². The highest BCUT2D eigenvalue weighted by Gasteiger charge is 2.15. The summed E-state index contributed by atoms with van der Waals surface area (Å²) in [6, 6.07) is 0.386. The second-order valence-corrected chi connectivity index (χ2v) is 5.45. The SMILES string of the molecule is CCc1cnc(C(C)NC(CC)C/C(N)=N/O)s1. The van der Waals surface area contributed by atoms with E-state index in [9.17, 15) is 0 Å². The maximum atomic E-state index is 8.59. The molecule has 102 valence electrons. The number of hydrogen-bond acceptors (Lipinski definition) is 5. The predicted octanol–water partition coefficient (Wildman–Crippen LogP) is 2.27. The largest absolute Gasteiger partial charge is 0.409 e. The number of oxime groups is 1. The summed E-state index contributed by atoms with van der Waals surface area (Å²) < 4.78 is 0. The van der Waals surface area contributed by atoms with E-state index in [1.165, 1.54) is 4.88 Å². The molecule has 1 rings (SSSR count). The zero-order valence-corrected chi connectivity index (χ0v) is 12.0. The van der Waals surface area contributed by atoms with Crippen molar-refractivity contribution in [3.63, 3.8) is 0 Å². The van der Waals surface area contributed by atoms with Gasteiger partial charge in [0.15, 0.2) is 0 Å². The van der Waals surface area contributed by atoms with Crippen molar-refractivity contribution in [1.29, 1.82) is 0 Å². The second-order valence-electron chi connectivity index (χ2n) is 4.31. The van der Waals surface area contributed by atoms with Crippen LogP contribution in [0.2, 0.25) is 0 Å². The summed E-state index contributed by atoms with van der Waals surface area (Å²) >= 11 is 1.73. The molecular formula is C12H22N4OS. The van der Waals surface area contributed by atoms with E-state index in [2.05, 4.69) is 36.2 Å². The number of nitrogens with one attached hydrogen (secondary N) is 1. The quantitative estimate of drug-likeness (QED) is 0.307. The van der Waals surface area contributed by atoms with Crippen LogP contribution in [0.1, 0.15) is 49.5 Å². The van der Waals surface area contributed by atoms with Crippen molar-refractivity contribution in [3.8, 4) is 0 Å². The van der Waals surface area contributed by atoms with Gasteiger partial charge in [-0.2, -0.15) is 0 Å². The average Bonchev–Trinajstić information content (AvgIpc) is 2.86. The summed E-state index contributed by atoms with van der Waals surface area (Å²) in [5.41, 5.74) is 5.54. The van der Waals surface area contributed by atoms with E-state index in [0.29, 0.717) is 6.42 Å². The van der Waals surface area contributed by atoms with Gasteiger partial charge in [0.25, 0.3) is 0 Å². The van der Waals surface area contributed by atoms with Gasteiger partial charge in [-0.05, 0) is 19.8 Å². The number of aryl methyl sites for hydroxylation is 1. The molecule has 1 aromatic heterocycles. The molecule has 18 heavy (non-hydrogen) atoms. The maximum absolute atomic E-state index is 8.59. The van der Waals surface area contributed by atoms with Crippen LogP contribution in [0, 0.1) is 0 Å². The first-order valence-electron chi connectivity index (χ1n) is 6.27. The second kappa shape index (κ2) is 7.33. The molecule has 1 aromatic rings. The standard InChI is InChI=1S/C12H22N4OS/c1-4-9(6-11(13)16-17)15-8(3)12-14-7-10(5-2)18-12/h7-9,15,17H,4-6H2,1-3H3,(H2,13,16). The minimum Gasteiger partial charge on any atom is -0.409 e. The van der Waals surface area contributed by atoms with Crippen LogP contribution in [0.25, 0.3) is 0 Å². The molecule has 0 spiro atoms. The maximum Gasteiger partial charge on any atom is 0.140 e. The Balaban J connectivity index is 2.58. The van der Waals surface area contributed by atoms with Crippen LogP contribution in [-0.4, -0.2) is 22.1 Å². The minimum absolute atomic E-state index is 0.187. The van der Waals surface area contributed by atoms with Gasteiger partial charge < -0.3 is 16.3 Å². The first-order valence-corrected chi connectivity index (χ1v) is 7.09. The molecule has 0 aliphatic heterocycles. The number of rotatable bonds is 7. The van der Waals surface area contributed by atoms with Crippen molar-refractivity contribution in [1.82, 2.24) is 10.3 Å². The number of aromatic nitrogens is 1. The molecule has 2 atom stereocenters.